The van der Waals surface area contributed by atoms with Crippen LogP contribution in [0.1, 0.15) is 52.7 Å². The zero-order valence-corrected chi connectivity index (χ0v) is 53.9. The molecule has 0 spiro atoms. The van der Waals surface area contributed by atoms with E-state index in [1.165, 1.54) is 163 Å². The molecule has 0 atom stereocenters. The number of hydrogen-bond acceptors (Lipinski definition) is 0. The van der Waals surface area contributed by atoms with E-state index in [0.717, 1.165) is 9.52 Å². The fourth-order valence-electron chi connectivity index (χ4n) is 13.6. The van der Waals surface area contributed by atoms with Gasteiger partial charge in [-0.05, 0) is 144 Å². The van der Waals surface area contributed by atoms with Crippen molar-refractivity contribution in [2.24, 2.45) is 0 Å². The van der Waals surface area contributed by atoms with Crippen LogP contribution < -0.4 is 0 Å². The number of hydrogen-bond donors (Lipinski definition) is 0. The molecule has 0 nitrogen and oxygen atoms in total. The molecule has 2 radical (unpaired) electrons. The molecule has 0 aliphatic rings. The fourth-order valence-corrected chi connectivity index (χ4v) is 13.6. The van der Waals surface area contributed by atoms with Gasteiger partial charge in [0.05, 0.1) is 0 Å². The summed E-state index contributed by atoms with van der Waals surface area (Å²) in [5.74, 6) is 0. The van der Waals surface area contributed by atoms with Crippen LogP contribution in [-0.4, -0.2) is 9.52 Å². The Hall–Kier alpha value is -8.52. The van der Waals surface area contributed by atoms with E-state index < -0.39 is 0 Å². The molecule has 16 aromatic rings. The Balaban J connectivity index is 0.000000151. The first-order chi connectivity index (χ1) is 41.4. The van der Waals surface area contributed by atoms with Crippen molar-refractivity contribution in [3.63, 3.8) is 0 Å². The third-order valence-electron chi connectivity index (χ3n) is 17.7. The molecule has 0 heterocycles. The Morgan fingerprint density at radius 3 is 0.640 bits per heavy atom. The van der Waals surface area contributed by atoms with Crippen LogP contribution in [-0.2, 0) is 37.0 Å². The van der Waals surface area contributed by atoms with Gasteiger partial charge in [0.25, 0.3) is 0 Å². The first-order valence-electron chi connectivity index (χ1n) is 30.1. The average Bonchev–Trinajstić information content (AvgIpc) is 1.40. The fraction of sp³-hybridized carbons (Fsp3) is 0.119. The van der Waals surface area contributed by atoms with Crippen molar-refractivity contribution < 1.29 is 26.2 Å². The Morgan fingerprint density at radius 2 is 0.430 bits per heavy atom. The summed E-state index contributed by atoms with van der Waals surface area (Å²) in [5, 5.41) is 25.9. The zero-order chi connectivity index (χ0) is 58.1. The summed E-state index contributed by atoms with van der Waals surface area (Å²) in [5.41, 5.74) is 13.3. The smallest absolute Gasteiger partial charge is 0.164 e. The molecule has 0 unspecified atom stereocenters. The summed E-state index contributed by atoms with van der Waals surface area (Å²) in [6, 6.07) is 99.3. The van der Waals surface area contributed by atoms with E-state index >= 15 is 0 Å². The van der Waals surface area contributed by atoms with Crippen LogP contribution in [0.5, 0.6) is 0 Å². The summed E-state index contributed by atoms with van der Waals surface area (Å²) in [4.78, 5) is 0. The summed E-state index contributed by atoms with van der Waals surface area (Å²) >= 11 is 0. The molecule has 0 fully saturated rings. The summed E-state index contributed by atoms with van der Waals surface area (Å²) in [6.07, 6.45) is 0. The van der Waals surface area contributed by atoms with Crippen molar-refractivity contribution in [1.82, 2.24) is 0 Å². The molecule has 16 aromatic carbocycles. The van der Waals surface area contributed by atoms with Gasteiger partial charge in [0.15, 0.2) is 0 Å². The van der Waals surface area contributed by atoms with Gasteiger partial charge >= 0.3 is 26.2 Å². The van der Waals surface area contributed by atoms with Crippen LogP contribution in [0.3, 0.4) is 0 Å². The maximum Gasteiger partial charge on any atom is 2.00 e. The van der Waals surface area contributed by atoms with E-state index in [9.17, 15) is 0 Å². The average molecular weight is 1200 g/mol. The van der Waals surface area contributed by atoms with Gasteiger partial charge in [0, 0.05) is 9.52 Å². The van der Waals surface area contributed by atoms with Gasteiger partial charge < -0.3 is 0 Å². The second-order valence-electron chi connectivity index (χ2n) is 25.2. The second-order valence-corrected chi connectivity index (χ2v) is 26.2. The van der Waals surface area contributed by atoms with E-state index in [4.69, 9.17) is 0 Å². The molecule has 0 saturated carbocycles. The summed E-state index contributed by atoms with van der Waals surface area (Å²) in [7, 11) is 1.08. The molecule has 2 heteroatoms. The molecule has 0 aliphatic heterocycles. The van der Waals surface area contributed by atoms with E-state index in [1.807, 2.05) is 0 Å². The Kier molecular flexibility index (Phi) is 15.0. The first-order valence-corrected chi connectivity index (χ1v) is 32.1. The maximum absolute atomic E-state index is 2.46. The number of fused-ring (bicyclic) bond motifs is 10. The van der Waals surface area contributed by atoms with Crippen molar-refractivity contribution in [3.8, 4) is 44.5 Å². The molecule has 86 heavy (non-hydrogen) atoms. The Morgan fingerprint density at radius 1 is 0.244 bits per heavy atom. The monoisotopic (exact) mass is 1190 g/mol. The predicted molar refractivity (Wildman–Crippen MR) is 376 cm³/mol. The van der Waals surface area contributed by atoms with Crippen molar-refractivity contribution >= 4 is 117 Å². The molecule has 0 N–H and O–H groups in total. The molecule has 16 rings (SSSR count). The minimum absolute atomic E-state index is 0. The van der Waals surface area contributed by atoms with Gasteiger partial charge in [0.1, 0.15) is 0 Å². The van der Waals surface area contributed by atoms with Crippen LogP contribution in [0.4, 0.5) is 0 Å². The number of rotatable bonds is 4. The van der Waals surface area contributed by atoms with Crippen molar-refractivity contribution in [3.05, 3.63) is 278 Å². The summed E-state index contributed by atoms with van der Waals surface area (Å²) < 4.78 is 0. The van der Waals surface area contributed by atoms with Gasteiger partial charge in [-0.1, -0.05) is 295 Å². The van der Waals surface area contributed by atoms with Crippen LogP contribution in [0, 0.1) is 0 Å². The van der Waals surface area contributed by atoms with Gasteiger partial charge in [-0.25, -0.2) is 0 Å². The Labute approximate surface area is 527 Å². The zero-order valence-electron chi connectivity index (χ0n) is 50.4. The van der Waals surface area contributed by atoms with Gasteiger partial charge in [-0.15, -0.1) is 44.8 Å². The van der Waals surface area contributed by atoms with Crippen LogP contribution in [0.2, 0.25) is 13.1 Å². The maximum atomic E-state index is 2.46. The standard InChI is InChI=1S/2C41H31.C2H6Si.Zr/c2*1-41(2,3)30-24-37-35(39-31-16-8-4-12-26(31)22-27-13-5-9-17-32(27)39)20-21-36(38(37)25-30)40-33-18-10-6-14-28(33)23-29-15-7-11-19-34(29)40;1-3-2;/h2*4-25H,1-3H3;1-2H3;/q2*-1;;+2. The third kappa shape index (κ3) is 9.92. The minimum atomic E-state index is 0. The SMILES string of the molecule is CC(C)(C)c1cc2c(-c3c4ccccc4cc4ccccc34)ccc(-c3c4ccccc4cc4ccccc34)c2[cH-]1.CC(C)(C)c1cc2c(-c3c4ccccc4cc4ccccc34)ccc(-c3c4ccccc4cc4ccccc34)c2[cH-]1.C[Si]C.[Zr+2]. The molecular formula is C84H68SiZr. The van der Waals surface area contributed by atoms with Gasteiger partial charge in [0.2, 0.25) is 0 Å². The first kappa shape index (κ1) is 56.6. The molecule has 0 aliphatic carbocycles. The second kappa shape index (κ2) is 22.7. The van der Waals surface area contributed by atoms with E-state index in [-0.39, 0.29) is 37.0 Å². The van der Waals surface area contributed by atoms with E-state index in [0.29, 0.717) is 0 Å². The third-order valence-corrected chi connectivity index (χ3v) is 17.7. The molecule has 0 amide bonds. The molecule has 0 saturated heterocycles. The van der Waals surface area contributed by atoms with Crippen molar-refractivity contribution in [2.45, 2.75) is 65.5 Å². The molecule has 0 aromatic heterocycles. The minimum Gasteiger partial charge on any atom is -0.164 e. The van der Waals surface area contributed by atoms with Gasteiger partial charge in [-0.2, -0.15) is 12.1 Å². The summed E-state index contributed by atoms with van der Waals surface area (Å²) in [6.45, 7) is 18.2. The molecular weight excluding hydrogens is 1130 g/mol. The van der Waals surface area contributed by atoms with Crippen LogP contribution in [0.15, 0.2) is 267 Å². The van der Waals surface area contributed by atoms with Crippen molar-refractivity contribution in [2.75, 3.05) is 0 Å². The normalized spacial score (nSPS) is 11.9. The van der Waals surface area contributed by atoms with E-state index in [1.54, 1.807) is 0 Å². The molecule has 412 valence electrons. The quantitative estimate of drug-likeness (QED) is 0.0936. The van der Waals surface area contributed by atoms with Crippen molar-refractivity contribution in [1.29, 1.82) is 0 Å². The van der Waals surface area contributed by atoms with Crippen LogP contribution >= 0.6 is 0 Å². The van der Waals surface area contributed by atoms with E-state index in [2.05, 4.69) is 322 Å². The predicted octanol–water partition coefficient (Wildman–Crippen LogP) is 24.4. The largest absolute Gasteiger partial charge is 2.00 e. The molecule has 0 bridgehead atoms. The number of benzene rings is 14. The Bertz CT molecular complexity index is 4410. The topological polar surface area (TPSA) is 0 Å². The van der Waals surface area contributed by atoms with Gasteiger partial charge in [-0.3, -0.25) is 0 Å². The van der Waals surface area contributed by atoms with Crippen LogP contribution in [0.25, 0.3) is 152 Å².